The second kappa shape index (κ2) is 3.69. The molecule has 2 heterocycles. The largest absolute Gasteiger partial charge is 0.382 e. The van der Waals surface area contributed by atoms with Crippen LogP contribution in [-0.4, -0.2) is 29.0 Å². The van der Waals surface area contributed by atoms with Gasteiger partial charge in [-0.2, -0.15) is 0 Å². The molecule has 5 nitrogen and oxygen atoms in total. The first-order valence-corrected chi connectivity index (χ1v) is 4.91. The highest BCUT2D eigenvalue weighted by Crippen LogP contribution is 2.19. The van der Waals surface area contributed by atoms with Crippen LogP contribution in [-0.2, 0) is 0 Å². The van der Waals surface area contributed by atoms with Crippen LogP contribution in [0.2, 0.25) is 0 Å². The third kappa shape index (κ3) is 1.45. The van der Waals surface area contributed by atoms with Gasteiger partial charge in [0.05, 0.1) is 6.33 Å². The number of aromatic amines is 1. The molecule has 0 radical (unpaired) electrons. The van der Waals surface area contributed by atoms with Gasteiger partial charge in [0.1, 0.15) is 18.2 Å². The van der Waals surface area contributed by atoms with Crippen LogP contribution in [0.3, 0.4) is 0 Å². The normalized spacial score (nSPS) is 15.2. The molecule has 3 N–H and O–H groups in total. The van der Waals surface area contributed by atoms with Crippen molar-refractivity contribution in [3.8, 4) is 0 Å². The maximum Gasteiger partial charge on any atom is 0.159 e. The van der Waals surface area contributed by atoms with Gasteiger partial charge in [-0.25, -0.2) is 9.98 Å². The number of hydrogen-bond acceptors (Lipinski definition) is 4. The van der Waals surface area contributed by atoms with Crippen molar-refractivity contribution >= 4 is 11.7 Å². The van der Waals surface area contributed by atoms with E-state index in [0.717, 1.165) is 24.5 Å². The standard InChI is InChI=1S/C9H15N5/c1-2-3-4-14-6-13-8(10)7-9(14)12-5-11-7/h5H,2-4,6H2,1H3,(H2,10,13)(H,11,12). The molecule has 14 heavy (non-hydrogen) atoms. The fourth-order valence-electron chi connectivity index (χ4n) is 1.55. The average Bonchev–Trinajstić information content (AvgIpc) is 2.66. The number of imidazole rings is 1. The summed E-state index contributed by atoms with van der Waals surface area (Å²) in [5.41, 5.74) is 6.59. The van der Waals surface area contributed by atoms with Crippen molar-refractivity contribution in [3.05, 3.63) is 12.0 Å². The van der Waals surface area contributed by atoms with Crippen LogP contribution < -0.4 is 10.6 Å². The highest BCUT2D eigenvalue weighted by molar-refractivity contribution is 6.01. The molecule has 2 rings (SSSR count). The molecule has 0 atom stereocenters. The van der Waals surface area contributed by atoms with Gasteiger partial charge in [-0.1, -0.05) is 13.3 Å². The van der Waals surface area contributed by atoms with Crippen LogP contribution in [0.25, 0.3) is 0 Å². The molecule has 0 aromatic carbocycles. The quantitative estimate of drug-likeness (QED) is 0.742. The van der Waals surface area contributed by atoms with E-state index in [-0.39, 0.29) is 0 Å². The first kappa shape index (κ1) is 9.05. The monoisotopic (exact) mass is 193 g/mol. The van der Waals surface area contributed by atoms with Gasteiger partial charge >= 0.3 is 0 Å². The van der Waals surface area contributed by atoms with E-state index >= 15 is 0 Å². The van der Waals surface area contributed by atoms with Crippen molar-refractivity contribution in [3.63, 3.8) is 0 Å². The second-order valence-electron chi connectivity index (χ2n) is 3.40. The third-order valence-corrected chi connectivity index (χ3v) is 2.37. The molecular weight excluding hydrogens is 178 g/mol. The Kier molecular flexibility index (Phi) is 2.39. The topological polar surface area (TPSA) is 70.3 Å². The Labute approximate surface area is 83.0 Å². The average molecular weight is 193 g/mol. The van der Waals surface area contributed by atoms with Gasteiger partial charge < -0.3 is 15.6 Å². The smallest absolute Gasteiger partial charge is 0.159 e. The van der Waals surface area contributed by atoms with Crippen LogP contribution in [0.1, 0.15) is 25.5 Å². The number of rotatable bonds is 3. The van der Waals surface area contributed by atoms with E-state index in [2.05, 4.69) is 26.8 Å². The van der Waals surface area contributed by atoms with Crippen molar-refractivity contribution in [2.75, 3.05) is 18.1 Å². The Hall–Kier alpha value is -1.52. The summed E-state index contributed by atoms with van der Waals surface area (Å²) < 4.78 is 0. The molecule has 1 aromatic heterocycles. The molecule has 0 spiro atoms. The molecule has 1 aliphatic heterocycles. The molecular formula is C9H15N5. The summed E-state index contributed by atoms with van der Waals surface area (Å²) in [5, 5.41) is 0. The molecule has 0 unspecified atom stereocenters. The zero-order valence-corrected chi connectivity index (χ0v) is 8.32. The predicted octanol–water partition coefficient (Wildman–Crippen LogP) is 0.693. The lowest BCUT2D eigenvalue weighted by molar-refractivity contribution is 0.712. The molecule has 1 aliphatic rings. The number of unbranched alkanes of at least 4 members (excludes halogenated alkanes) is 1. The number of amidine groups is 1. The highest BCUT2D eigenvalue weighted by atomic mass is 15.3. The lowest BCUT2D eigenvalue weighted by atomic mass is 10.3. The summed E-state index contributed by atoms with van der Waals surface area (Å²) >= 11 is 0. The number of anilines is 1. The Bertz CT molecular complexity index is 341. The number of H-pyrrole nitrogens is 1. The number of aliphatic imine (C=N–C) groups is 1. The zero-order chi connectivity index (χ0) is 9.97. The van der Waals surface area contributed by atoms with Crippen molar-refractivity contribution in [2.45, 2.75) is 19.8 Å². The molecule has 0 aliphatic carbocycles. The van der Waals surface area contributed by atoms with Crippen molar-refractivity contribution < 1.29 is 0 Å². The lowest BCUT2D eigenvalue weighted by Gasteiger charge is -2.24. The molecule has 1 aromatic rings. The van der Waals surface area contributed by atoms with Gasteiger partial charge in [0.15, 0.2) is 5.82 Å². The van der Waals surface area contributed by atoms with Gasteiger partial charge in [-0.3, -0.25) is 0 Å². The lowest BCUT2D eigenvalue weighted by Crippen LogP contribution is -2.33. The van der Waals surface area contributed by atoms with Crippen LogP contribution in [0.5, 0.6) is 0 Å². The summed E-state index contributed by atoms with van der Waals surface area (Å²) in [4.78, 5) is 13.6. The van der Waals surface area contributed by atoms with Crippen LogP contribution in [0, 0.1) is 0 Å². The van der Waals surface area contributed by atoms with Crippen LogP contribution >= 0.6 is 0 Å². The minimum absolute atomic E-state index is 0.560. The van der Waals surface area contributed by atoms with E-state index in [9.17, 15) is 0 Å². The Morgan fingerprint density at radius 2 is 2.50 bits per heavy atom. The maximum atomic E-state index is 5.73. The van der Waals surface area contributed by atoms with Crippen molar-refractivity contribution in [1.29, 1.82) is 0 Å². The van der Waals surface area contributed by atoms with Crippen LogP contribution in [0.15, 0.2) is 11.3 Å². The van der Waals surface area contributed by atoms with Gasteiger partial charge in [-0.15, -0.1) is 0 Å². The fraction of sp³-hybridized carbons (Fsp3) is 0.556. The van der Waals surface area contributed by atoms with Gasteiger partial charge in [0, 0.05) is 6.54 Å². The number of nitrogens with zero attached hydrogens (tertiary/aromatic N) is 3. The number of nitrogens with two attached hydrogens (primary N) is 1. The first-order valence-electron chi connectivity index (χ1n) is 4.91. The van der Waals surface area contributed by atoms with Crippen molar-refractivity contribution in [2.24, 2.45) is 10.7 Å². The first-order chi connectivity index (χ1) is 6.83. The SMILES string of the molecule is CCCCN1CN=C(N)c2[nH]cnc21. The fourth-order valence-corrected chi connectivity index (χ4v) is 1.55. The minimum Gasteiger partial charge on any atom is -0.382 e. The summed E-state index contributed by atoms with van der Waals surface area (Å²) in [7, 11) is 0. The van der Waals surface area contributed by atoms with E-state index < -0.39 is 0 Å². The summed E-state index contributed by atoms with van der Waals surface area (Å²) in [6.45, 7) is 3.79. The summed E-state index contributed by atoms with van der Waals surface area (Å²) in [6.07, 6.45) is 3.99. The Morgan fingerprint density at radius 1 is 1.64 bits per heavy atom. The number of hydrogen-bond donors (Lipinski definition) is 2. The predicted molar refractivity (Wildman–Crippen MR) is 56.4 cm³/mol. The van der Waals surface area contributed by atoms with Gasteiger partial charge in [0.2, 0.25) is 0 Å². The molecule has 0 fully saturated rings. The van der Waals surface area contributed by atoms with E-state index in [1.54, 1.807) is 6.33 Å². The Morgan fingerprint density at radius 3 is 3.29 bits per heavy atom. The molecule has 0 bridgehead atoms. The number of aromatic nitrogens is 2. The zero-order valence-electron chi connectivity index (χ0n) is 8.32. The van der Waals surface area contributed by atoms with E-state index in [1.807, 2.05) is 0 Å². The van der Waals surface area contributed by atoms with Gasteiger partial charge in [-0.05, 0) is 6.42 Å². The van der Waals surface area contributed by atoms with Gasteiger partial charge in [0.25, 0.3) is 0 Å². The van der Waals surface area contributed by atoms with E-state index in [1.165, 1.54) is 6.42 Å². The molecule has 0 saturated heterocycles. The second-order valence-corrected chi connectivity index (χ2v) is 3.40. The third-order valence-electron chi connectivity index (χ3n) is 2.37. The van der Waals surface area contributed by atoms with Crippen molar-refractivity contribution in [1.82, 2.24) is 9.97 Å². The van der Waals surface area contributed by atoms with Crippen LogP contribution in [0.4, 0.5) is 5.82 Å². The van der Waals surface area contributed by atoms with E-state index in [0.29, 0.717) is 12.5 Å². The molecule has 0 amide bonds. The summed E-state index contributed by atoms with van der Waals surface area (Å²) in [6, 6.07) is 0. The minimum atomic E-state index is 0.560. The number of fused-ring (bicyclic) bond motifs is 1. The molecule has 0 saturated carbocycles. The summed E-state index contributed by atoms with van der Waals surface area (Å²) in [5.74, 6) is 1.50. The highest BCUT2D eigenvalue weighted by Gasteiger charge is 2.19. The number of nitrogens with one attached hydrogen (secondary N) is 1. The maximum absolute atomic E-state index is 5.73. The van der Waals surface area contributed by atoms with E-state index in [4.69, 9.17) is 5.73 Å². The molecule has 76 valence electrons. The Balaban J connectivity index is 2.18. The molecule has 5 heteroatoms.